The van der Waals surface area contributed by atoms with Crippen molar-refractivity contribution < 1.29 is 24.4 Å². The van der Waals surface area contributed by atoms with Crippen molar-refractivity contribution in [3.63, 3.8) is 0 Å². The standard InChI is InChI=1S/C24H22Cl3N3O6/c1-2-3-8-29-21(31)17-18(22(29)32)24(23(33)34,11-12-4-6-14(7-5-12)30(35)36)28-20(17)15-9-13(25)10-16(26)19(15)27/h4-7,9-10,17-18,20,28H,2-3,8,11H2,1H3,(H,33,34). The molecule has 0 saturated carbocycles. The maximum atomic E-state index is 13.6. The van der Waals surface area contributed by atoms with E-state index in [1.165, 1.54) is 36.4 Å². The van der Waals surface area contributed by atoms with E-state index in [9.17, 15) is 29.6 Å². The average molecular weight is 555 g/mol. The number of nitrogens with zero attached hydrogens (tertiary/aromatic N) is 2. The Balaban J connectivity index is 1.85. The molecule has 4 rings (SSSR count). The van der Waals surface area contributed by atoms with Crippen LogP contribution in [0.4, 0.5) is 5.69 Å². The van der Waals surface area contributed by atoms with Gasteiger partial charge < -0.3 is 5.11 Å². The summed E-state index contributed by atoms with van der Waals surface area (Å²) in [6, 6.07) is 7.36. The van der Waals surface area contributed by atoms with E-state index in [2.05, 4.69) is 5.32 Å². The van der Waals surface area contributed by atoms with Gasteiger partial charge in [0.25, 0.3) is 5.69 Å². The normalized spacial score (nSPS) is 25.3. The van der Waals surface area contributed by atoms with Crippen LogP contribution in [-0.2, 0) is 20.8 Å². The summed E-state index contributed by atoms with van der Waals surface area (Å²) in [5.41, 5.74) is -1.29. The minimum absolute atomic E-state index is 0.0982. The summed E-state index contributed by atoms with van der Waals surface area (Å²) in [5.74, 6) is -4.71. The number of halogens is 3. The second kappa shape index (κ2) is 9.97. The van der Waals surface area contributed by atoms with E-state index in [0.717, 1.165) is 11.3 Å². The number of likely N-dealkylation sites (tertiary alicyclic amines) is 1. The van der Waals surface area contributed by atoms with Gasteiger partial charge in [-0.05, 0) is 29.7 Å². The topological polar surface area (TPSA) is 130 Å². The first-order chi connectivity index (χ1) is 17.0. The highest BCUT2D eigenvalue weighted by molar-refractivity contribution is 6.43. The molecule has 2 fully saturated rings. The molecule has 36 heavy (non-hydrogen) atoms. The number of carbonyl (C=O) groups is 3. The molecule has 2 amide bonds. The largest absolute Gasteiger partial charge is 0.480 e. The van der Waals surface area contributed by atoms with E-state index in [1.54, 1.807) is 0 Å². The number of fused-ring (bicyclic) bond motifs is 1. The Morgan fingerprint density at radius 1 is 1.17 bits per heavy atom. The molecule has 0 aromatic heterocycles. The predicted octanol–water partition coefficient (Wildman–Crippen LogP) is 4.67. The van der Waals surface area contributed by atoms with Gasteiger partial charge in [0.2, 0.25) is 11.8 Å². The van der Waals surface area contributed by atoms with Gasteiger partial charge in [-0.3, -0.25) is 34.7 Å². The van der Waals surface area contributed by atoms with Crippen LogP contribution in [0.15, 0.2) is 36.4 Å². The highest BCUT2D eigenvalue weighted by Crippen LogP contribution is 2.52. The monoisotopic (exact) mass is 553 g/mol. The van der Waals surface area contributed by atoms with Crippen molar-refractivity contribution >= 4 is 58.3 Å². The lowest BCUT2D eigenvalue weighted by Crippen LogP contribution is -2.57. The van der Waals surface area contributed by atoms with Crippen molar-refractivity contribution in [2.75, 3.05) is 6.54 Å². The number of rotatable bonds is 8. The Kier molecular flexibility index (Phi) is 7.30. The number of nitro benzene ring substituents is 1. The van der Waals surface area contributed by atoms with Gasteiger partial charge in [0.05, 0.1) is 26.8 Å². The number of imide groups is 1. The van der Waals surface area contributed by atoms with Gasteiger partial charge in [-0.1, -0.05) is 60.3 Å². The van der Waals surface area contributed by atoms with E-state index in [-0.39, 0.29) is 33.7 Å². The number of carboxylic acid groups (broad SMARTS) is 1. The van der Waals surface area contributed by atoms with Crippen molar-refractivity contribution in [1.29, 1.82) is 0 Å². The Morgan fingerprint density at radius 3 is 2.42 bits per heavy atom. The number of unbranched alkanes of at least 4 members (excludes halogenated alkanes) is 1. The van der Waals surface area contributed by atoms with Crippen LogP contribution in [0.2, 0.25) is 15.1 Å². The molecule has 9 nitrogen and oxygen atoms in total. The zero-order chi connectivity index (χ0) is 26.4. The zero-order valence-corrected chi connectivity index (χ0v) is 21.3. The number of nitro groups is 1. The summed E-state index contributed by atoms with van der Waals surface area (Å²) in [4.78, 5) is 51.6. The van der Waals surface area contributed by atoms with E-state index >= 15 is 0 Å². The minimum Gasteiger partial charge on any atom is -0.480 e. The molecule has 4 atom stereocenters. The lowest BCUT2D eigenvalue weighted by Gasteiger charge is -2.31. The molecule has 2 aliphatic heterocycles. The SMILES string of the molecule is CCCCN1C(=O)C2C(c3cc(Cl)cc(Cl)c3Cl)NC(Cc3ccc([N+](=O)[O-])cc3)(C(=O)O)C2C1=O. The second-order valence-electron chi connectivity index (χ2n) is 8.97. The van der Waals surface area contributed by atoms with Gasteiger partial charge in [-0.25, -0.2) is 0 Å². The molecule has 0 aliphatic carbocycles. The van der Waals surface area contributed by atoms with Crippen molar-refractivity contribution in [2.45, 2.75) is 37.8 Å². The molecule has 2 aromatic rings. The van der Waals surface area contributed by atoms with E-state index in [1.807, 2.05) is 6.92 Å². The first-order valence-corrected chi connectivity index (χ1v) is 12.4. The fraction of sp³-hybridized carbons (Fsp3) is 0.375. The van der Waals surface area contributed by atoms with Crippen LogP contribution < -0.4 is 5.32 Å². The fourth-order valence-corrected chi connectivity index (χ4v) is 5.90. The molecule has 2 N–H and O–H groups in total. The third kappa shape index (κ3) is 4.34. The third-order valence-electron chi connectivity index (χ3n) is 6.85. The molecule has 2 aliphatic rings. The van der Waals surface area contributed by atoms with Crippen molar-refractivity contribution in [1.82, 2.24) is 10.2 Å². The molecule has 2 saturated heterocycles. The number of carbonyl (C=O) groups excluding carboxylic acids is 2. The van der Waals surface area contributed by atoms with E-state index < -0.39 is 46.1 Å². The average Bonchev–Trinajstić information content (AvgIpc) is 3.29. The molecule has 190 valence electrons. The number of amides is 2. The minimum atomic E-state index is -1.89. The van der Waals surface area contributed by atoms with Crippen molar-refractivity contribution in [3.05, 3.63) is 72.7 Å². The van der Waals surface area contributed by atoms with Crippen LogP contribution in [0.3, 0.4) is 0 Å². The first-order valence-electron chi connectivity index (χ1n) is 11.3. The number of carboxylic acids is 1. The summed E-state index contributed by atoms with van der Waals surface area (Å²) in [6.45, 7) is 2.09. The number of hydrogen-bond donors (Lipinski definition) is 2. The third-order valence-corrected chi connectivity index (χ3v) is 7.88. The van der Waals surface area contributed by atoms with Crippen LogP contribution in [-0.4, -0.2) is 44.8 Å². The van der Waals surface area contributed by atoms with Gasteiger partial charge in [-0.15, -0.1) is 0 Å². The molecule has 2 aromatic carbocycles. The first kappa shape index (κ1) is 26.3. The molecular formula is C24H22Cl3N3O6. The summed E-state index contributed by atoms with van der Waals surface area (Å²) in [7, 11) is 0. The molecule has 4 unspecified atom stereocenters. The predicted molar refractivity (Wildman–Crippen MR) is 133 cm³/mol. The molecular weight excluding hydrogens is 533 g/mol. The summed E-state index contributed by atoms with van der Waals surface area (Å²) in [5, 5.41) is 25.0. The zero-order valence-electron chi connectivity index (χ0n) is 19.0. The maximum Gasteiger partial charge on any atom is 0.325 e. The summed E-state index contributed by atoms with van der Waals surface area (Å²) >= 11 is 18.9. The van der Waals surface area contributed by atoms with Crippen LogP contribution in [0.5, 0.6) is 0 Å². The van der Waals surface area contributed by atoms with Crippen LogP contribution in [0.1, 0.15) is 36.9 Å². The number of benzene rings is 2. The Hall–Kier alpha value is -2.72. The molecule has 12 heteroatoms. The van der Waals surface area contributed by atoms with Crippen molar-refractivity contribution in [2.24, 2.45) is 11.8 Å². The second-order valence-corrected chi connectivity index (χ2v) is 10.2. The lowest BCUT2D eigenvalue weighted by molar-refractivity contribution is -0.384. The number of non-ortho nitro benzene ring substituents is 1. The number of aliphatic carboxylic acids is 1. The molecule has 0 spiro atoms. The Morgan fingerprint density at radius 2 is 1.83 bits per heavy atom. The Bertz CT molecular complexity index is 1250. The number of hydrogen-bond acceptors (Lipinski definition) is 6. The van der Waals surface area contributed by atoms with Gasteiger partial charge in [-0.2, -0.15) is 0 Å². The lowest BCUT2D eigenvalue weighted by atomic mass is 9.76. The van der Waals surface area contributed by atoms with Gasteiger partial charge in [0.1, 0.15) is 5.54 Å². The fourth-order valence-electron chi connectivity index (χ4n) is 5.16. The highest BCUT2D eigenvalue weighted by Gasteiger charge is 2.68. The Labute approximate surface area is 221 Å². The highest BCUT2D eigenvalue weighted by atomic mass is 35.5. The van der Waals surface area contributed by atoms with Gasteiger partial charge in [0, 0.05) is 36.2 Å². The van der Waals surface area contributed by atoms with E-state index in [0.29, 0.717) is 17.5 Å². The molecule has 2 heterocycles. The molecule has 0 bridgehead atoms. The van der Waals surface area contributed by atoms with Crippen LogP contribution >= 0.6 is 34.8 Å². The maximum absolute atomic E-state index is 13.6. The van der Waals surface area contributed by atoms with E-state index in [4.69, 9.17) is 34.8 Å². The van der Waals surface area contributed by atoms with Gasteiger partial charge in [0.15, 0.2) is 0 Å². The van der Waals surface area contributed by atoms with Crippen molar-refractivity contribution in [3.8, 4) is 0 Å². The smallest absolute Gasteiger partial charge is 0.325 e. The van der Waals surface area contributed by atoms with Crippen LogP contribution in [0.25, 0.3) is 0 Å². The summed E-state index contributed by atoms with van der Waals surface area (Å²) < 4.78 is 0. The van der Waals surface area contributed by atoms with Crippen LogP contribution in [0, 0.1) is 22.0 Å². The van der Waals surface area contributed by atoms with Gasteiger partial charge >= 0.3 is 5.97 Å². The quantitative estimate of drug-likeness (QED) is 0.210. The molecule has 0 radical (unpaired) electrons. The number of nitrogens with one attached hydrogen (secondary N) is 1. The summed E-state index contributed by atoms with van der Waals surface area (Å²) in [6.07, 6.45) is 1.10.